The van der Waals surface area contributed by atoms with Gasteiger partial charge in [0, 0.05) is 0 Å². The molecular formula is C6H11FO5. The van der Waals surface area contributed by atoms with Gasteiger partial charge in [0.2, 0.25) is 6.36 Å². The Morgan fingerprint density at radius 1 is 1.08 bits per heavy atom. The third-order valence-corrected chi connectivity index (χ3v) is 1.83. The first-order valence-electron chi connectivity index (χ1n) is 3.52. The summed E-state index contributed by atoms with van der Waals surface area (Å²) in [6, 6.07) is 0. The highest BCUT2D eigenvalue weighted by Crippen LogP contribution is 2.21. The van der Waals surface area contributed by atoms with Crippen LogP contribution in [-0.2, 0) is 4.74 Å². The van der Waals surface area contributed by atoms with Gasteiger partial charge in [-0.15, -0.1) is 0 Å². The molecule has 0 saturated carbocycles. The van der Waals surface area contributed by atoms with E-state index in [0.29, 0.717) is 0 Å². The van der Waals surface area contributed by atoms with Crippen molar-refractivity contribution in [2.75, 3.05) is 6.61 Å². The molecule has 1 aliphatic rings. The summed E-state index contributed by atoms with van der Waals surface area (Å²) < 4.78 is 16.9. The zero-order valence-corrected chi connectivity index (χ0v) is 6.17. The van der Waals surface area contributed by atoms with Gasteiger partial charge in [-0.3, -0.25) is 0 Å². The second-order valence-corrected chi connectivity index (χ2v) is 2.68. The first-order valence-corrected chi connectivity index (χ1v) is 3.52. The van der Waals surface area contributed by atoms with E-state index in [0.717, 1.165) is 0 Å². The van der Waals surface area contributed by atoms with Crippen molar-refractivity contribution in [1.29, 1.82) is 0 Å². The van der Waals surface area contributed by atoms with Crippen LogP contribution in [0.3, 0.4) is 0 Å². The van der Waals surface area contributed by atoms with E-state index in [4.69, 9.17) is 20.4 Å². The molecule has 1 saturated heterocycles. The van der Waals surface area contributed by atoms with Gasteiger partial charge in [0.05, 0.1) is 6.61 Å². The number of halogens is 1. The highest BCUT2D eigenvalue weighted by molar-refractivity contribution is 4.88. The molecule has 0 amide bonds. The lowest BCUT2D eigenvalue weighted by atomic mass is 10.00. The van der Waals surface area contributed by atoms with Gasteiger partial charge in [-0.2, -0.15) is 0 Å². The molecule has 0 unspecified atom stereocenters. The number of rotatable bonds is 1. The van der Waals surface area contributed by atoms with Gasteiger partial charge in [-0.25, -0.2) is 4.39 Å². The van der Waals surface area contributed by atoms with E-state index >= 15 is 0 Å². The predicted molar refractivity (Wildman–Crippen MR) is 34.9 cm³/mol. The number of aliphatic hydroxyl groups excluding tert-OH is 4. The highest BCUT2D eigenvalue weighted by Gasteiger charge is 2.43. The third kappa shape index (κ3) is 1.57. The molecular weight excluding hydrogens is 171 g/mol. The Labute approximate surface area is 68.0 Å². The van der Waals surface area contributed by atoms with E-state index in [1.54, 1.807) is 0 Å². The van der Waals surface area contributed by atoms with Gasteiger partial charge in [-0.1, -0.05) is 0 Å². The standard InChI is InChI=1S/C6H11FO5/c7-6-5(11)4(10)3(9)2(1-8)12-6/h2-6,8-11H,1H2/t2-,3-,4+,5+,6+/m1/s1. The molecule has 1 rings (SSSR count). The SMILES string of the molecule is OC[C@H]1O[C@H](F)[C@@H](O)[C@@H](O)[C@@H]1O. The fourth-order valence-electron chi connectivity index (χ4n) is 1.06. The van der Waals surface area contributed by atoms with Crippen LogP contribution in [0.2, 0.25) is 0 Å². The van der Waals surface area contributed by atoms with E-state index in [2.05, 4.69) is 4.74 Å². The lowest BCUT2D eigenvalue weighted by molar-refractivity contribution is -0.262. The predicted octanol–water partition coefficient (Wildman–Crippen LogP) is -2.24. The molecule has 1 aliphatic heterocycles. The molecule has 5 nitrogen and oxygen atoms in total. The van der Waals surface area contributed by atoms with E-state index in [1.807, 2.05) is 0 Å². The molecule has 6 heteroatoms. The molecule has 0 aromatic rings. The topological polar surface area (TPSA) is 90.2 Å². The minimum atomic E-state index is -2.07. The molecule has 1 fully saturated rings. The van der Waals surface area contributed by atoms with Crippen LogP contribution in [0, 0.1) is 0 Å². The van der Waals surface area contributed by atoms with Gasteiger partial charge in [-0.05, 0) is 0 Å². The number of hydrogen-bond donors (Lipinski definition) is 4. The highest BCUT2D eigenvalue weighted by atomic mass is 19.1. The Balaban J connectivity index is 2.63. The summed E-state index contributed by atoms with van der Waals surface area (Å²) in [5.74, 6) is 0. The maximum atomic E-state index is 12.6. The summed E-state index contributed by atoms with van der Waals surface area (Å²) in [7, 11) is 0. The molecule has 0 radical (unpaired) electrons. The summed E-state index contributed by atoms with van der Waals surface area (Å²) >= 11 is 0. The third-order valence-electron chi connectivity index (χ3n) is 1.83. The second-order valence-electron chi connectivity index (χ2n) is 2.68. The van der Waals surface area contributed by atoms with Crippen LogP contribution in [0.4, 0.5) is 4.39 Å². The minimum absolute atomic E-state index is 0.606. The first kappa shape index (κ1) is 9.82. The summed E-state index contributed by atoms with van der Waals surface area (Å²) in [4.78, 5) is 0. The average Bonchev–Trinajstić information content (AvgIpc) is 2.08. The smallest absolute Gasteiger partial charge is 0.228 e. The van der Waals surface area contributed by atoms with Gasteiger partial charge in [0.1, 0.15) is 24.4 Å². The monoisotopic (exact) mass is 182 g/mol. The Morgan fingerprint density at radius 2 is 1.67 bits per heavy atom. The van der Waals surface area contributed by atoms with Crippen molar-refractivity contribution in [3.63, 3.8) is 0 Å². The fraction of sp³-hybridized carbons (Fsp3) is 1.00. The van der Waals surface area contributed by atoms with Crippen molar-refractivity contribution in [1.82, 2.24) is 0 Å². The van der Waals surface area contributed by atoms with Gasteiger partial charge in [0.15, 0.2) is 0 Å². The van der Waals surface area contributed by atoms with Crippen LogP contribution in [0.1, 0.15) is 0 Å². The number of ether oxygens (including phenoxy) is 1. The summed E-state index contributed by atoms with van der Waals surface area (Å²) in [6.07, 6.45) is -8.09. The van der Waals surface area contributed by atoms with Crippen LogP contribution in [0.5, 0.6) is 0 Å². The van der Waals surface area contributed by atoms with E-state index in [1.165, 1.54) is 0 Å². The molecule has 0 bridgehead atoms. The Bertz CT molecular complexity index is 150. The second kappa shape index (κ2) is 3.63. The quantitative estimate of drug-likeness (QED) is 0.368. The fourth-order valence-corrected chi connectivity index (χ4v) is 1.06. The van der Waals surface area contributed by atoms with Gasteiger partial charge in [0.25, 0.3) is 0 Å². The Morgan fingerprint density at radius 3 is 2.17 bits per heavy atom. The van der Waals surface area contributed by atoms with E-state index in [-0.39, 0.29) is 0 Å². The molecule has 72 valence electrons. The molecule has 0 aromatic carbocycles. The lowest BCUT2D eigenvalue weighted by Gasteiger charge is -2.36. The maximum absolute atomic E-state index is 12.6. The van der Waals surface area contributed by atoms with Gasteiger partial charge < -0.3 is 25.2 Å². The first-order chi connectivity index (χ1) is 5.57. The molecule has 4 N–H and O–H groups in total. The van der Waals surface area contributed by atoms with Crippen molar-refractivity contribution in [2.24, 2.45) is 0 Å². The number of hydrogen-bond acceptors (Lipinski definition) is 5. The van der Waals surface area contributed by atoms with Crippen LogP contribution in [0.15, 0.2) is 0 Å². The van der Waals surface area contributed by atoms with Crippen molar-refractivity contribution < 1.29 is 29.6 Å². The molecule has 0 aromatic heterocycles. The van der Waals surface area contributed by atoms with Crippen molar-refractivity contribution in [3.8, 4) is 0 Å². The summed E-state index contributed by atoms with van der Waals surface area (Å²) in [6.45, 7) is -0.606. The Kier molecular flexibility index (Phi) is 2.97. The average molecular weight is 182 g/mol. The van der Waals surface area contributed by atoms with Crippen LogP contribution in [-0.4, -0.2) is 57.8 Å². The number of alkyl halides is 1. The summed E-state index contributed by atoms with van der Waals surface area (Å²) in [5.41, 5.74) is 0. The molecule has 5 atom stereocenters. The number of aliphatic hydroxyl groups is 4. The normalized spacial score (nSPS) is 49.2. The van der Waals surface area contributed by atoms with Crippen LogP contribution in [0.25, 0.3) is 0 Å². The molecule has 12 heavy (non-hydrogen) atoms. The Hall–Kier alpha value is -0.270. The van der Waals surface area contributed by atoms with Crippen molar-refractivity contribution in [3.05, 3.63) is 0 Å². The molecule has 0 spiro atoms. The molecule has 1 heterocycles. The maximum Gasteiger partial charge on any atom is 0.228 e. The van der Waals surface area contributed by atoms with E-state index < -0.39 is 37.4 Å². The summed E-state index contributed by atoms with van der Waals surface area (Å²) in [5, 5.41) is 35.4. The van der Waals surface area contributed by atoms with Gasteiger partial charge >= 0.3 is 0 Å². The van der Waals surface area contributed by atoms with Crippen LogP contribution >= 0.6 is 0 Å². The van der Waals surface area contributed by atoms with Crippen LogP contribution < -0.4 is 0 Å². The van der Waals surface area contributed by atoms with Crippen molar-refractivity contribution >= 4 is 0 Å². The molecule has 0 aliphatic carbocycles. The lowest BCUT2D eigenvalue weighted by Crippen LogP contribution is -2.57. The minimum Gasteiger partial charge on any atom is -0.394 e. The zero-order chi connectivity index (χ0) is 9.30. The largest absolute Gasteiger partial charge is 0.394 e. The zero-order valence-electron chi connectivity index (χ0n) is 6.17. The van der Waals surface area contributed by atoms with Crippen molar-refractivity contribution in [2.45, 2.75) is 30.8 Å². The van der Waals surface area contributed by atoms with E-state index in [9.17, 15) is 4.39 Å².